The van der Waals surface area contributed by atoms with E-state index in [0.717, 1.165) is 22.8 Å². The van der Waals surface area contributed by atoms with Crippen LogP contribution < -0.4 is 0 Å². The lowest BCUT2D eigenvalue weighted by Crippen LogP contribution is -1.91. The van der Waals surface area contributed by atoms with E-state index in [2.05, 4.69) is 287 Å². The second-order valence-corrected chi connectivity index (χ2v) is 21.7. The number of hydrogen-bond donors (Lipinski definition) is 0. The fraction of sp³-hybridized carbons (Fsp3) is 0. The zero-order chi connectivity index (χ0) is 55.5. The summed E-state index contributed by atoms with van der Waals surface area (Å²) < 4.78 is 0. The third-order valence-electron chi connectivity index (χ3n) is 16.8. The Hall–Kier alpha value is -11.2. The lowest BCUT2D eigenvalue weighted by Gasteiger charge is -2.15. The fourth-order valence-electron chi connectivity index (χ4n) is 12.9. The van der Waals surface area contributed by atoms with Crippen LogP contribution in [-0.2, 0) is 0 Å². The number of nitrogens with zero attached hydrogens (tertiary/aromatic N) is 4. The fourth-order valence-corrected chi connectivity index (χ4v) is 12.9. The van der Waals surface area contributed by atoms with Crippen molar-refractivity contribution >= 4 is 64.6 Å². The molecule has 0 spiro atoms. The van der Waals surface area contributed by atoms with E-state index in [1.165, 1.54) is 143 Å². The molecule has 2 aromatic heterocycles. The number of rotatable bonds is 9. The normalized spacial score (nSPS) is 11.6. The van der Waals surface area contributed by atoms with Crippen LogP contribution in [0.5, 0.6) is 0 Å². The number of hydrogen-bond acceptors (Lipinski definition) is 4. The van der Waals surface area contributed by atoms with Gasteiger partial charge < -0.3 is 0 Å². The van der Waals surface area contributed by atoms with E-state index < -0.39 is 0 Å². The summed E-state index contributed by atoms with van der Waals surface area (Å²) >= 11 is 0. The second-order valence-electron chi connectivity index (χ2n) is 21.7. The highest BCUT2D eigenvalue weighted by molar-refractivity contribution is 6.30. The molecule has 4 heteroatoms. The second kappa shape index (κ2) is 20.4. The maximum absolute atomic E-state index is 4.65. The number of benzene rings is 14. The summed E-state index contributed by atoms with van der Waals surface area (Å²) in [7, 11) is 0. The largest absolute Gasteiger partial charge is 0.237 e. The molecule has 0 aliphatic rings. The molecular formula is C80H50N4. The Morgan fingerprint density at radius 3 is 0.667 bits per heavy atom. The average molecular weight is 1070 g/mol. The molecule has 0 N–H and O–H groups in total. The molecule has 390 valence electrons. The summed E-state index contributed by atoms with van der Waals surface area (Å²) in [5.41, 5.74) is 18.5. The van der Waals surface area contributed by atoms with Crippen molar-refractivity contribution in [3.8, 4) is 101 Å². The molecule has 0 bridgehead atoms. The Balaban J connectivity index is 0.679. The Morgan fingerprint density at radius 2 is 0.381 bits per heavy atom. The molecule has 0 aliphatic carbocycles. The molecule has 16 aromatic rings. The number of aromatic nitrogens is 4. The van der Waals surface area contributed by atoms with Crippen LogP contribution in [0.15, 0.2) is 304 Å². The van der Waals surface area contributed by atoms with Crippen LogP contribution in [0.3, 0.4) is 0 Å². The first-order chi connectivity index (χ1) is 41.6. The Labute approximate surface area is 486 Å². The maximum Gasteiger partial charge on any atom is 0.159 e. The summed E-state index contributed by atoms with van der Waals surface area (Å²) in [6.07, 6.45) is 7.26. The summed E-state index contributed by atoms with van der Waals surface area (Å²) in [6.45, 7) is 0. The van der Waals surface area contributed by atoms with Gasteiger partial charge in [0.1, 0.15) is 0 Å². The summed E-state index contributed by atoms with van der Waals surface area (Å²) in [5, 5.41) is 14.5. The van der Waals surface area contributed by atoms with Gasteiger partial charge in [0.2, 0.25) is 0 Å². The summed E-state index contributed by atoms with van der Waals surface area (Å²) in [5.74, 6) is 1.47. The Kier molecular flexibility index (Phi) is 11.8. The monoisotopic (exact) mass is 1070 g/mol. The van der Waals surface area contributed by atoms with Crippen molar-refractivity contribution in [2.75, 3.05) is 0 Å². The predicted octanol–water partition coefficient (Wildman–Crippen LogP) is 21.2. The summed E-state index contributed by atoms with van der Waals surface area (Å²) in [4.78, 5) is 18.6. The highest BCUT2D eigenvalue weighted by atomic mass is 14.9. The van der Waals surface area contributed by atoms with Crippen molar-refractivity contribution < 1.29 is 0 Å². The minimum atomic E-state index is 0.734. The topological polar surface area (TPSA) is 51.6 Å². The van der Waals surface area contributed by atoms with Crippen LogP contribution in [-0.4, -0.2) is 19.9 Å². The molecule has 0 amide bonds. The molecule has 0 fully saturated rings. The Morgan fingerprint density at radius 1 is 0.155 bits per heavy atom. The molecule has 0 aliphatic heterocycles. The van der Waals surface area contributed by atoms with E-state index in [4.69, 9.17) is 0 Å². The van der Waals surface area contributed by atoms with Gasteiger partial charge in [-0.25, -0.2) is 19.9 Å². The van der Waals surface area contributed by atoms with Gasteiger partial charge in [-0.15, -0.1) is 0 Å². The van der Waals surface area contributed by atoms with Gasteiger partial charge >= 0.3 is 0 Å². The Bertz CT molecular complexity index is 4870. The van der Waals surface area contributed by atoms with Crippen LogP contribution in [0, 0.1) is 0 Å². The van der Waals surface area contributed by atoms with Crippen LogP contribution in [0.4, 0.5) is 0 Å². The molecular weight excluding hydrogens is 1020 g/mol. The lowest BCUT2D eigenvalue weighted by molar-refractivity contribution is 1.18. The molecule has 0 radical (unpaired) electrons. The first-order valence-corrected chi connectivity index (χ1v) is 28.6. The highest BCUT2D eigenvalue weighted by Crippen LogP contribution is 2.44. The zero-order valence-corrected chi connectivity index (χ0v) is 45.7. The first kappa shape index (κ1) is 48.7. The van der Waals surface area contributed by atoms with Gasteiger partial charge in [0.25, 0.3) is 0 Å². The van der Waals surface area contributed by atoms with Gasteiger partial charge in [0.15, 0.2) is 11.6 Å². The summed E-state index contributed by atoms with van der Waals surface area (Å²) in [6, 6.07) is 102. The molecule has 14 aromatic carbocycles. The predicted molar refractivity (Wildman–Crippen MR) is 352 cm³/mol. The zero-order valence-electron chi connectivity index (χ0n) is 45.7. The van der Waals surface area contributed by atoms with Crippen molar-refractivity contribution in [1.82, 2.24) is 19.9 Å². The van der Waals surface area contributed by atoms with E-state index in [0.29, 0.717) is 0 Å². The van der Waals surface area contributed by atoms with E-state index >= 15 is 0 Å². The molecule has 0 unspecified atom stereocenters. The van der Waals surface area contributed by atoms with Crippen molar-refractivity contribution in [2.24, 2.45) is 0 Å². The minimum absolute atomic E-state index is 0.734. The molecule has 0 saturated carbocycles. The molecule has 16 rings (SSSR count). The van der Waals surface area contributed by atoms with Crippen molar-refractivity contribution in [3.05, 3.63) is 304 Å². The SMILES string of the molecule is c1cnc(-c2cccc3c4ccc(-c5cccc(-c6cccc(-c7cccc(-c8cccc(-c9cccc(-c%10cccc(-c%11ccc%12c(c%11)c%11ccccc%11c%11c(-c%13ncccn%13)cccc%12%11)c%10)c9)c8)c7)c6)c5)cc4c4ccccc4c23)nc1. The molecule has 2 heterocycles. The third kappa shape index (κ3) is 8.55. The molecule has 0 atom stereocenters. The van der Waals surface area contributed by atoms with Gasteiger partial charge in [-0.1, -0.05) is 218 Å². The third-order valence-corrected chi connectivity index (χ3v) is 16.8. The van der Waals surface area contributed by atoms with Gasteiger partial charge in [-0.2, -0.15) is 0 Å². The maximum atomic E-state index is 4.65. The molecule has 4 nitrogen and oxygen atoms in total. The van der Waals surface area contributed by atoms with E-state index in [-0.39, 0.29) is 0 Å². The number of fused-ring (bicyclic) bond motifs is 12. The van der Waals surface area contributed by atoms with Crippen LogP contribution in [0.2, 0.25) is 0 Å². The van der Waals surface area contributed by atoms with Crippen molar-refractivity contribution in [3.63, 3.8) is 0 Å². The average Bonchev–Trinajstić information content (AvgIpc) is 1.11. The standard InChI is InChI=1S/C80H50N4/c1-3-29-69-65(27-1)75-49-63(35-37-67(75)71-31-11-33-73(77(69)71)79-81-39-13-40-82-79)61-25-9-23-59(47-61)57-21-7-19-55(45-57)53-17-5-15-51(43-53)52-16-6-18-54(44-52)56-20-8-22-58(46-56)60-24-10-26-62(48-60)64-36-38-68-72-32-12-34-74(80-83-41-14-42-84-80)78(72)70-30-4-2-28-66(70)76(68)50-64/h1-50H. The lowest BCUT2D eigenvalue weighted by atomic mass is 9.89. The molecule has 84 heavy (non-hydrogen) atoms. The van der Waals surface area contributed by atoms with Crippen LogP contribution >= 0.6 is 0 Å². The van der Waals surface area contributed by atoms with Gasteiger partial charge in [-0.3, -0.25) is 0 Å². The van der Waals surface area contributed by atoms with Gasteiger partial charge in [-0.05, 0) is 192 Å². The van der Waals surface area contributed by atoms with E-state index in [1.54, 1.807) is 0 Å². The van der Waals surface area contributed by atoms with Crippen molar-refractivity contribution in [1.29, 1.82) is 0 Å². The van der Waals surface area contributed by atoms with Crippen LogP contribution in [0.25, 0.3) is 165 Å². The van der Waals surface area contributed by atoms with Gasteiger partial charge in [0, 0.05) is 46.7 Å². The minimum Gasteiger partial charge on any atom is -0.237 e. The van der Waals surface area contributed by atoms with Gasteiger partial charge in [0.05, 0.1) is 0 Å². The molecule has 0 saturated heterocycles. The van der Waals surface area contributed by atoms with E-state index in [1.807, 2.05) is 36.9 Å². The first-order valence-electron chi connectivity index (χ1n) is 28.6. The quantitative estimate of drug-likeness (QED) is 0.135. The van der Waals surface area contributed by atoms with E-state index in [9.17, 15) is 0 Å². The smallest absolute Gasteiger partial charge is 0.159 e. The van der Waals surface area contributed by atoms with Crippen LogP contribution in [0.1, 0.15) is 0 Å². The highest BCUT2D eigenvalue weighted by Gasteiger charge is 2.18. The van der Waals surface area contributed by atoms with Crippen molar-refractivity contribution in [2.45, 2.75) is 0 Å².